The van der Waals surface area contributed by atoms with Crippen LogP contribution < -0.4 is 9.62 Å². The van der Waals surface area contributed by atoms with E-state index in [1.54, 1.807) is 40.9 Å². The van der Waals surface area contributed by atoms with Gasteiger partial charge in [0, 0.05) is 18.4 Å². The third kappa shape index (κ3) is 3.88. The second-order valence-corrected chi connectivity index (χ2v) is 9.25. The number of carbonyl (C=O) groups is 1. The summed E-state index contributed by atoms with van der Waals surface area (Å²) in [7, 11) is -3.74. The fraction of sp³-hybridized carbons (Fsp3) is 0.316. The van der Waals surface area contributed by atoms with Crippen molar-refractivity contribution in [1.82, 2.24) is 0 Å². The molecule has 0 aliphatic carbocycles. The minimum atomic E-state index is -3.74. The van der Waals surface area contributed by atoms with Crippen LogP contribution in [0.2, 0.25) is 0 Å². The lowest BCUT2D eigenvalue weighted by Gasteiger charge is -2.21. The molecule has 0 bridgehead atoms. The Morgan fingerprint density at radius 3 is 2.62 bits per heavy atom. The average Bonchev–Trinajstić information content (AvgIpc) is 2.79. The first kappa shape index (κ1) is 18.8. The Labute approximate surface area is 158 Å². The standard InChI is InChI=1S/C19H22N2O3S2/c1-13-5-7-17(14(2)11-13)20-26(23,24)16-6-8-19-18(12-16)21(15(3)22)9-4-10-25-19/h5-8,11-12,20H,4,9-10H2,1-3H3. The summed E-state index contributed by atoms with van der Waals surface area (Å²) in [5.41, 5.74) is 3.17. The molecule has 5 nitrogen and oxygen atoms in total. The van der Waals surface area contributed by atoms with Gasteiger partial charge in [0.1, 0.15) is 0 Å². The van der Waals surface area contributed by atoms with Crippen molar-refractivity contribution in [2.45, 2.75) is 37.0 Å². The van der Waals surface area contributed by atoms with E-state index in [9.17, 15) is 13.2 Å². The van der Waals surface area contributed by atoms with Gasteiger partial charge in [-0.1, -0.05) is 17.7 Å². The monoisotopic (exact) mass is 390 g/mol. The summed E-state index contributed by atoms with van der Waals surface area (Å²) in [6, 6.07) is 10.6. The predicted molar refractivity (Wildman–Crippen MR) is 107 cm³/mol. The zero-order valence-corrected chi connectivity index (χ0v) is 16.7. The Morgan fingerprint density at radius 1 is 1.15 bits per heavy atom. The smallest absolute Gasteiger partial charge is 0.261 e. The van der Waals surface area contributed by atoms with E-state index in [0.717, 1.165) is 28.2 Å². The molecule has 0 aromatic heterocycles. The van der Waals surface area contributed by atoms with Crippen molar-refractivity contribution >= 4 is 39.1 Å². The molecule has 1 heterocycles. The largest absolute Gasteiger partial charge is 0.311 e. The van der Waals surface area contributed by atoms with Crippen LogP contribution in [0.1, 0.15) is 24.5 Å². The lowest BCUT2D eigenvalue weighted by atomic mass is 10.1. The van der Waals surface area contributed by atoms with Gasteiger partial charge in [-0.3, -0.25) is 9.52 Å². The summed E-state index contributed by atoms with van der Waals surface area (Å²) in [6.45, 7) is 5.94. The molecule has 0 spiro atoms. The molecule has 0 atom stereocenters. The van der Waals surface area contributed by atoms with Crippen LogP contribution in [0.25, 0.3) is 0 Å². The number of amides is 1. The fourth-order valence-corrected chi connectivity index (χ4v) is 5.11. The van der Waals surface area contributed by atoms with E-state index in [2.05, 4.69) is 4.72 Å². The molecule has 138 valence electrons. The molecule has 0 radical (unpaired) electrons. The molecule has 2 aromatic rings. The topological polar surface area (TPSA) is 66.5 Å². The molecule has 1 aliphatic heterocycles. The van der Waals surface area contributed by atoms with Crippen LogP contribution in [0.4, 0.5) is 11.4 Å². The summed E-state index contributed by atoms with van der Waals surface area (Å²) in [4.78, 5) is 14.7. The number of fused-ring (bicyclic) bond motifs is 1. The molecule has 0 saturated carbocycles. The van der Waals surface area contributed by atoms with Crippen LogP contribution in [-0.4, -0.2) is 26.6 Å². The van der Waals surface area contributed by atoms with E-state index in [1.807, 2.05) is 26.0 Å². The first-order valence-electron chi connectivity index (χ1n) is 8.43. The number of sulfonamides is 1. The Hall–Kier alpha value is -1.99. The van der Waals surface area contributed by atoms with Crippen molar-refractivity contribution in [3.63, 3.8) is 0 Å². The number of anilines is 2. The van der Waals surface area contributed by atoms with Crippen molar-refractivity contribution in [2.24, 2.45) is 0 Å². The van der Waals surface area contributed by atoms with E-state index in [0.29, 0.717) is 17.9 Å². The van der Waals surface area contributed by atoms with E-state index >= 15 is 0 Å². The molecule has 1 N–H and O–H groups in total. The van der Waals surface area contributed by atoms with Gasteiger partial charge in [0.05, 0.1) is 16.3 Å². The van der Waals surface area contributed by atoms with Gasteiger partial charge in [0.2, 0.25) is 5.91 Å². The van der Waals surface area contributed by atoms with E-state index < -0.39 is 10.0 Å². The maximum absolute atomic E-state index is 12.9. The molecule has 0 saturated heterocycles. The van der Waals surface area contributed by atoms with Crippen LogP contribution >= 0.6 is 11.8 Å². The lowest BCUT2D eigenvalue weighted by molar-refractivity contribution is -0.116. The predicted octanol–water partition coefficient (Wildman–Crippen LogP) is 3.95. The number of nitrogens with one attached hydrogen (secondary N) is 1. The third-order valence-electron chi connectivity index (χ3n) is 4.32. The highest BCUT2D eigenvalue weighted by atomic mass is 32.2. The Balaban J connectivity index is 1.99. The highest BCUT2D eigenvalue weighted by molar-refractivity contribution is 7.99. The highest BCUT2D eigenvalue weighted by Gasteiger charge is 2.23. The second-order valence-electron chi connectivity index (χ2n) is 6.43. The SMILES string of the molecule is CC(=O)N1CCCSc2ccc(S(=O)(=O)Nc3ccc(C)cc3C)cc21. The van der Waals surface area contributed by atoms with Crippen LogP contribution in [-0.2, 0) is 14.8 Å². The number of aryl methyl sites for hydroxylation is 2. The zero-order valence-electron chi connectivity index (χ0n) is 15.1. The van der Waals surface area contributed by atoms with Gasteiger partial charge in [-0.05, 0) is 55.9 Å². The second kappa shape index (κ2) is 7.32. The van der Waals surface area contributed by atoms with Crippen LogP contribution in [0, 0.1) is 13.8 Å². The molecule has 2 aromatic carbocycles. The Bertz CT molecular complexity index is 955. The number of hydrogen-bond donors (Lipinski definition) is 1. The quantitative estimate of drug-likeness (QED) is 0.862. The number of thioether (sulfide) groups is 1. The van der Waals surface area contributed by atoms with Gasteiger partial charge in [0.15, 0.2) is 0 Å². The van der Waals surface area contributed by atoms with Crippen molar-refractivity contribution < 1.29 is 13.2 Å². The first-order chi connectivity index (χ1) is 12.3. The first-order valence-corrected chi connectivity index (χ1v) is 10.9. The van der Waals surface area contributed by atoms with Gasteiger partial charge in [-0.25, -0.2) is 8.42 Å². The van der Waals surface area contributed by atoms with E-state index in [1.165, 1.54) is 6.92 Å². The summed E-state index contributed by atoms with van der Waals surface area (Å²) in [5, 5.41) is 0. The minimum Gasteiger partial charge on any atom is -0.311 e. The van der Waals surface area contributed by atoms with Crippen molar-refractivity contribution in [3.8, 4) is 0 Å². The molecular weight excluding hydrogens is 368 g/mol. The van der Waals surface area contributed by atoms with Crippen LogP contribution in [0.5, 0.6) is 0 Å². The van der Waals surface area contributed by atoms with E-state index in [4.69, 9.17) is 0 Å². The van der Waals surface area contributed by atoms with Gasteiger partial charge < -0.3 is 4.90 Å². The normalized spacial score (nSPS) is 14.5. The Morgan fingerprint density at radius 2 is 1.92 bits per heavy atom. The zero-order chi connectivity index (χ0) is 18.9. The molecule has 0 unspecified atom stereocenters. The van der Waals surface area contributed by atoms with Crippen molar-refractivity contribution in [3.05, 3.63) is 47.5 Å². The van der Waals surface area contributed by atoms with E-state index in [-0.39, 0.29) is 10.8 Å². The van der Waals surface area contributed by atoms with Gasteiger partial charge in [-0.15, -0.1) is 11.8 Å². The molecule has 0 fully saturated rings. The molecular formula is C19H22N2O3S2. The highest BCUT2D eigenvalue weighted by Crippen LogP contribution is 2.36. The third-order valence-corrected chi connectivity index (χ3v) is 6.83. The number of nitrogens with zero attached hydrogens (tertiary/aromatic N) is 1. The molecule has 1 amide bonds. The summed E-state index contributed by atoms with van der Waals surface area (Å²) >= 11 is 1.65. The number of rotatable bonds is 3. The maximum atomic E-state index is 12.9. The van der Waals surface area contributed by atoms with Crippen molar-refractivity contribution in [1.29, 1.82) is 0 Å². The molecule has 1 aliphatic rings. The summed E-state index contributed by atoms with van der Waals surface area (Å²) < 4.78 is 28.4. The Kier molecular flexibility index (Phi) is 5.29. The average molecular weight is 391 g/mol. The molecule has 7 heteroatoms. The van der Waals surface area contributed by atoms with Gasteiger partial charge in [-0.2, -0.15) is 0 Å². The molecule has 26 heavy (non-hydrogen) atoms. The number of carbonyl (C=O) groups excluding carboxylic acids is 1. The number of benzene rings is 2. The summed E-state index contributed by atoms with van der Waals surface area (Å²) in [6.07, 6.45) is 0.877. The summed E-state index contributed by atoms with van der Waals surface area (Å²) in [5.74, 6) is 0.828. The van der Waals surface area contributed by atoms with Gasteiger partial charge in [0.25, 0.3) is 10.0 Å². The van der Waals surface area contributed by atoms with Gasteiger partial charge >= 0.3 is 0 Å². The maximum Gasteiger partial charge on any atom is 0.261 e. The van der Waals surface area contributed by atoms with Crippen LogP contribution in [0.15, 0.2) is 46.2 Å². The molecule has 3 rings (SSSR count). The minimum absolute atomic E-state index is 0.0781. The fourth-order valence-electron chi connectivity index (χ4n) is 2.98. The van der Waals surface area contributed by atoms with Crippen LogP contribution in [0.3, 0.4) is 0 Å². The lowest BCUT2D eigenvalue weighted by Crippen LogP contribution is -2.29. The van der Waals surface area contributed by atoms with Crippen molar-refractivity contribution in [2.75, 3.05) is 21.9 Å². The number of hydrogen-bond acceptors (Lipinski definition) is 4.